The number of rotatable bonds is 5. The van der Waals surface area contributed by atoms with E-state index in [0.717, 1.165) is 24.0 Å². The van der Waals surface area contributed by atoms with E-state index in [1.54, 1.807) is 6.20 Å². The third-order valence-electron chi connectivity index (χ3n) is 3.03. The van der Waals surface area contributed by atoms with Crippen molar-refractivity contribution in [3.63, 3.8) is 0 Å². The lowest BCUT2D eigenvalue weighted by atomic mass is 10.1. The van der Waals surface area contributed by atoms with Crippen molar-refractivity contribution in [3.05, 3.63) is 35.0 Å². The minimum Gasteiger partial charge on any atom is -0.384 e. The molecule has 1 heterocycles. The highest BCUT2D eigenvalue weighted by Crippen LogP contribution is 2.25. The van der Waals surface area contributed by atoms with Crippen LogP contribution in [0.1, 0.15) is 31.7 Å². The smallest absolute Gasteiger partial charge is 0.104 e. The van der Waals surface area contributed by atoms with Gasteiger partial charge >= 0.3 is 0 Å². The molecule has 0 spiro atoms. The molecule has 1 aromatic carbocycles. The molecule has 0 aliphatic carbocycles. The van der Waals surface area contributed by atoms with Gasteiger partial charge in [-0.2, -0.15) is 5.26 Å². The maximum atomic E-state index is 9.33. The fraction of sp³-hybridized carbons (Fsp3) is 0.333. The highest BCUT2D eigenvalue weighted by atomic mass is 35.5. The standard InChI is InChI=1S/C15H16ClN3/c1-2-3-4-7-18-14-6-5-11-8-12(16)10-19-15(11)13(14)9-17/h5-6,8,10,18H,2-4,7H2,1H3. The van der Waals surface area contributed by atoms with E-state index in [1.807, 2.05) is 18.2 Å². The van der Waals surface area contributed by atoms with Crippen LogP contribution in [0, 0.1) is 11.3 Å². The number of nitriles is 1. The first kappa shape index (κ1) is 13.6. The van der Waals surface area contributed by atoms with Crippen molar-refractivity contribution in [3.8, 4) is 6.07 Å². The van der Waals surface area contributed by atoms with E-state index >= 15 is 0 Å². The Hall–Kier alpha value is -1.79. The zero-order chi connectivity index (χ0) is 13.7. The van der Waals surface area contributed by atoms with Crippen LogP contribution in [0.4, 0.5) is 5.69 Å². The fourth-order valence-corrected chi connectivity index (χ4v) is 2.20. The molecule has 0 aliphatic rings. The fourth-order valence-electron chi connectivity index (χ4n) is 2.03. The summed E-state index contributed by atoms with van der Waals surface area (Å²) in [6.45, 7) is 3.05. The van der Waals surface area contributed by atoms with Crippen LogP contribution in [0.3, 0.4) is 0 Å². The number of nitrogens with zero attached hydrogens (tertiary/aromatic N) is 2. The molecule has 2 rings (SSSR count). The summed E-state index contributed by atoms with van der Waals surface area (Å²) in [5, 5.41) is 14.1. The number of anilines is 1. The molecule has 0 atom stereocenters. The number of aromatic nitrogens is 1. The van der Waals surface area contributed by atoms with Gasteiger partial charge < -0.3 is 5.32 Å². The number of benzene rings is 1. The molecule has 2 aromatic rings. The molecule has 0 bridgehead atoms. The molecule has 0 fully saturated rings. The van der Waals surface area contributed by atoms with Crippen molar-refractivity contribution in [2.24, 2.45) is 0 Å². The number of unbranched alkanes of at least 4 members (excludes halogenated alkanes) is 2. The Morgan fingerprint density at radius 3 is 2.95 bits per heavy atom. The zero-order valence-electron chi connectivity index (χ0n) is 10.9. The maximum Gasteiger partial charge on any atom is 0.104 e. The predicted octanol–water partition coefficient (Wildman–Crippen LogP) is 4.36. The number of fused-ring (bicyclic) bond motifs is 1. The van der Waals surface area contributed by atoms with Gasteiger partial charge in [0.15, 0.2) is 0 Å². The molecule has 1 aromatic heterocycles. The molecule has 19 heavy (non-hydrogen) atoms. The van der Waals surface area contributed by atoms with Gasteiger partial charge in [0.1, 0.15) is 11.6 Å². The van der Waals surface area contributed by atoms with Gasteiger partial charge in [-0.05, 0) is 18.6 Å². The van der Waals surface area contributed by atoms with Crippen molar-refractivity contribution in [2.45, 2.75) is 26.2 Å². The van der Waals surface area contributed by atoms with Crippen molar-refractivity contribution in [2.75, 3.05) is 11.9 Å². The minimum atomic E-state index is 0.583. The van der Waals surface area contributed by atoms with Crippen LogP contribution in [0.15, 0.2) is 24.4 Å². The Kier molecular flexibility index (Phi) is 4.59. The molecule has 3 nitrogen and oxygen atoms in total. The number of hydrogen-bond donors (Lipinski definition) is 1. The number of halogens is 1. The summed E-state index contributed by atoms with van der Waals surface area (Å²) in [6, 6.07) is 7.92. The monoisotopic (exact) mass is 273 g/mol. The van der Waals surface area contributed by atoms with Crippen LogP contribution in [0.25, 0.3) is 10.9 Å². The first-order valence-corrected chi connectivity index (χ1v) is 6.86. The van der Waals surface area contributed by atoms with Crippen LogP contribution in [-0.4, -0.2) is 11.5 Å². The van der Waals surface area contributed by atoms with Crippen LogP contribution >= 0.6 is 11.6 Å². The molecular formula is C15H16ClN3. The van der Waals surface area contributed by atoms with Gasteiger partial charge in [0.05, 0.1) is 16.2 Å². The normalized spacial score (nSPS) is 10.4. The molecule has 1 N–H and O–H groups in total. The summed E-state index contributed by atoms with van der Waals surface area (Å²) in [6.07, 6.45) is 5.06. The van der Waals surface area contributed by atoms with Gasteiger partial charge in [0.2, 0.25) is 0 Å². The molecule has 4 heteroatoms. The van der Waals surface area contributed by atoms with E-state index in [2.05, 4.69) is 23.3 Å². The van der Waals surface area contributed by atoms with E-state index in [9.17, 15) is 5.26 Å². The highest BCUT2D eigenvalue weighted by molar-refractivity contribution is 6.31. The first-order chi connectivity index (χ1) is 9.26. The molecule has 0 unspecified atom stereocenters. The Balaban J connectivity index is 2.30. The first-order valence-electron chi connectivity index (χ1n) is 6.48. The second-order valence-corrected chi connectivity index (χ2v) is 4.90. The minimum absolute atomic E-state index is 0.583. The van der Waals surface area contributed by atoms with E-state index in [1.165, 1.54) is 12.8 Å². The van der Waals surface area contributed by atoms with Crippen LogP contribution in [0.2, 0.25) is 5.02 Å². The Labute approximate surface area is 118 Å². The quantitative estimate of drug-likeness (QED) is 0.823. The molecule has 98 valence electrons. The van der Waals surface area contributed by atoms with Gasteiger partial charge in [0, 0.05) is 18.1 Å². The molecular weight excluding hydrogens is 258 g/mol. The third kappa shape index (κ3) is 3.15. The molecule has 0 saturated carbocycles. The van der Waals surface area contributed by atoms with Crippen LogP contribution in [0.5, 0.6) is 0 Å². The Bertz CT molecular complexity index is 617. The summed E-state index contributed by atoms with van der Waals surface area (Å²) in [5.74, 6) is 0. The van der Waals surface area contributed by atoms with Crippen LogP contribution < -0.4 is 5.32 Å². The molecule has 0 aliphatic heterocycles. The van der Waals surface area contributed by atoms with E-state index in [4.69, 9.17) is 11.6 Å². The van der Waals surface area contributed by atoms with E-state index in [0.29, 0.717) is 16.1 Å². The van der Waals surface area contributed by atoms with Gasteiger partial charge in [0.25, 0.3) is 0 Å². The second-order valence-electron chi connectivity index (χ2n) is 4.46. The SMILES string of the molecule is CCCCCNc1ccc2cc(Cl)cnc2c1C#N. The lowest BCUT2D eigenvalue weighted by molar-refractivity contribution is 0.744. The summed E-state index contributed by atoms with van der Waals surface area (Å²) < 4.78 is 0. The average Bonchev–Trinajstić information content (AvgIpc) is 2.43. The van der Waals surface area contributed by atoms with Gasteiger partial charge in [-0.3, -0.25) is 4.98 Å². The number of pyridine rings is 1. The molecule has 0 amide bonds. The number of nitrogens with one attached hydrogen (secondary N) is 1. The molecule has 0 radical (unpaired) electrons. The predicted molar refractivity (Wildman–Crippen MR) is 79.5 cm³/mol. The van der Waals surface area contributed by atoms with Crippen molar-refractivity contribution >= 4 is 28.2 Å². The average molecular weight is 274 g/mol. The Morgan fingerprint density at radius 2 is 2.21 bits per heavy atom. The van der Waals surface area contributed by atoms with E-state index in [-0.39, 0.29) is 0 Å². The van der Waals surface area contributed by atoms with Gasteiger partial charge in [-0.1, -0.05) is 37.4 Å². The van der Waals surface area contributed by atoms with E-state index < -0.39 is 0 Å². The third-order valence-corrected chi connectivity index (χ3v) is 3.23. The van der Waals surface area contributed by atoms with Crippen molar-refractivity contribution in [1.29, 1.82) is 5.26 Å². The molecule has 0 saturated heterocycles. The summed E-state index contributed by atoms with van der Waals surface area (Å²) >= 11 is 5.91. The maximum absolute atomic E-state index is 9.33. The topological polar surface area (TPSA) is 48.7 Å². The van der Waals surface area contributed by atoms with Crippen molar-refractivity contribution in [1.82, 2.24) is 4.98 Å². The Morgan fingerprint density at radius 1 is 1.37 bits per heavy atom. The highest BCUT2D eigenvalue weighted by Gasteiger charge is 2.08. The van der Waals surface area contributed by atoms with Crippen molar-refractivity contribution < 1.29 is 0 Å². The number of hydrogen-bond acceptors (Lipinski definition) is 3. The largest absolute Gasteiger partial charge is 0.384 e. The second kappa shape index (κ2) is 6.40. The summed E-state index contributed by atoms with van der Waals surface area (Å²) in [7, 11) is 0. The van der Waals surface area contributed by atoms with Gasteiger partial charge in [-0.25, -0.2) is 0 Å². The zero-order valence-corrected chi connectivity index (χ0v) is 11.7. The summed E-state index contributed by atoms with van der Waals surface area (Å²) in [4.78, 5) is 4.26. The lowest BCUT2D eigenvalue weighted by Crippen LogP contribution is -2.03. The summed E-state index contributed by atoms with van der Waals surface area (Å²) in [5.41, 5.74) is 2.14. The lowest BCUT2D eigenvalue weighted by Gasteiger charge is -2.09. The van der Waals surface area contributed by atoms with Gasteiger partial charge in [-0.15, -0.1) is 0 Å². The van der Waals surface area contributed by atoms with Crippen LogP contribution in [-0.2, 0) is 0 Å².